The highest BCUT2D eigenvalue weighted by molar-refractivity contribution is 7.91. The van der Waals surface area contributed by atoms with E-state index >= 15 is 0 Å². The third-order valence-corrected chi connectivity index (χ3v) is 6.08. The fourth-order valence-corrected chi connectivity index (χ4v) is 4.49. The van der Waals surface area contributed by atoms with Crippen LogP contribution in [0.4, 0.5) is 0 Å². The maximum absolute atomic E-state index is 12.5. The highest BCUT2D eigenvalue weighted by Crippen LogP contribution is 2.24. The van der Waals surface area contributed by atoms with Crippen molar-refractivity contribution in [3.05, 3.63) is 29.7 Å². The van der Waals surface area contributed by atoms with Crippen LogP contribution in [-0.4, -0.2) is 46.1 Å². The molecule has 1 rings (SSSR count). The van der Waals surface area contributed by atoms with Gasteiger partial charge in [0.05, 0.1) is 6.61 Å². The zero-order chi connectivity index (χ0) is 15.0. The summed E-state index contributed by atoms with van der Waals surface area (Å²) in [5.41, 5.74) is 0. The van der Waals surface area contributed by atoms with Gasteiger partial charge in [0.25, 0.3) is 10.0 Å². The first-order valence-electron chi connectivity index (χ1n) is 6.45. The number of methoxy groups -OCH3 is 1. The highest BCUT2D eigenvalue weighted by atomic mass is 32.2. The minimum atomic E-state index is -3.47. The van der Waals surface area contributed by atoms with Crippen LogP contribution in [0.1, 0.15) is 11.8 Å². The molecular formula is C13H22N2O3S2. The number of ether oxygens (including phenoxy) is 1. The van der Waals surface area contributed by atoms with Gasteiger partial charge in [0, 0.05) is 31.6 Å². The topological polar surface area (TPSA) is 58.6 Å². The minimum Gasteiger partial charge on any atom is -0.383 e. The molecule has 7 heteroatoms. The van der Waals surface area contributed by atoms with Crippen LogP contribution >= 0.6 is 11.3 Å². The molecule has 1 aromatic rings. The van der Waals surface area contributed by atoms with Crippen molar-refractivity contribution in [3.8, 4) is 0 Å². The summed E-state index contributed by atoms with van der Waals surface area (Å²) < 4.78 is 31.8. The number of sulfonamides is 1. The molecule has 0 aliphatic carbocycles. The van der Waals surface area contributed by atoms with E-state index in [1.807, 2.05) is 13.0 Å². The standard InChI is InChI=1S/C13H22N2O3S2/c1-4-8-15(9-10-18-3)20(16,17)13-7-6-12(19-13)11-14-5-2/h4,6-7,14H,1,5,8-11H2,2-3H3. The lowest BCUT2D eigenvalue weighted by molar-refractivity contribution is 0.182. The zero-order valence-electron chi connectivity index (χ0n) is 12.0. The van der Waals surface area contributed by atoms with Gasteiger partial charge in [-0.15, -0.1) is 17.9 Å². The van der Waals surface area contributed by atoms with Gasteiger partial charge in [-0.3, -0.25) is 0 Å². The fraction of sp³-hybridized carbons (Fsp3) is 0.538. The number of thiophene rings is 1. The summed E-state index contributed by atoms with van der Waals surface area (Å²) in [6, 6.07) is 3.51. The quantitative estimate of drug-likeness (QED) is 0.667. The SMILES string of the molecule is C=CCN(CCOC)S(=O)(=O)c1ccc(CNCC)s1. The van der Waals surface area contributed by atoms with Crippen LogP contribution in [0.5, 0.6) is 0 Å². The molecule has 0 aliphatic heterocycles. The van der Waals surface area contributed by atoms with Crippen LogP contribution in [0.15, 0.2) is 29.0 Å². The summed E-state index contributed by atoms with van der Waals surface area (Å²) >= 11 is 1.30. The molecule has 0 atom stereocenters. The van der Waals surface area contributed by atoms with Crippen LogP contribution in [0.2, 0.25) is 0 Å². The fourth-order valence-electron chi connectivity index (χ4n) is 1.61. The summed E-state index contributed by atoms with van der Waals surface area (Å²) in [6.07, 6.45) is 1.58. The Bertz CT molecular complexity index is 511. The summed E-state index contributed by atoms with van der Waals surface area (Å²) in [5.74, 6) is 0. The summed E-state index contributed by atoms with van der Waals surface area (Å²) in [6.45, 7) is 8.14. The van der Waals surface area contributed by atoms with E-state index in [0.717, 1.165) is 11.4 Å². The monoisotopic (exact) mass is 318 g/mol. The second kappa shape index (κ2) is 8.53. The number of hydrogen-bond donors (Lipinski definition) is 1. The van der Waals surface area contributed by atoms with Crippen LogP contribution < -0.4 is 5.32 Å². The molecule has 0 amide bonds. The van der Waals surface area contributed by atoms with Crippen molar-refractivity contribution in [3.63, 3.8) is 0 Å². The minimum absolute atomic E-state index is 0.284. The van der Waals surface area contributed by atoms with Gasteiger partial charge in [0.2, 0.25) is 0 Å². The molecule has 20 heavy (non-hydrogen) atoms. The van der Waals surface area contributed by atoms with E-state index in [2.05, 4.69) is 11.9 Å². The summed E-state index contributed by atoms with van der Waals surface area (Å²) in [7, 11) is -1.91. The Labute approximate surface area is 125 Å². The summed E-state index contributed by atoms with van der Waals surface area (Å²) in [4.78, 5) is 1.01. The van der Waals surface area contributed by atoms with Crippen molar-refractivity contribution < 1.29 is 13.2 Å². The number of nitrogens with zero attached hydrogens (tertiary/aromatic N) is 1. The smallest absolute Gasteiger partial charge is 0.252 e. The molecule has 1 heterocycles. The molecule has 0 aliphatic rings. The molecule has 0 radical (unpaired) electrons. The van der Waals surface area contributed by atoms with Crippen LogP contribution in [0.25, 0.3) is 0 Å². The molecule has 0 spiro atoms. The number of nitrogens with one attached hydrogen (secondary N) is 1. The van der Waals surface area contributed by atoms with E-state index in [1.165, 1.54) is 15.6 Å². The van der Waals surface area contributed by atoms with E-state index < -0.39 is 10.0 Å². The second-order valence-corrected chi connectivity index (χ2v) is 7.48. The van der Waals surface area contributed by atoms with Crippen molar-refractivity contribution in [2.45, 2.75) is 17.7 Å². The van der Waals surface area contributed by atoms with Crippen LogP contribution in [-0.2, 0) is 21.3 Å². The number of hydrogen-bond acceptors (Lipinski definition) is 5. The molecular weight excluding hydrogens is 296 g/mol. The van der Waals surface area contributed by atoms with E-state index in [9.17, 15) is 8.42 Å². The molecule has 1 N–H and O–H groups in total. The highest BCUT2D eigenvalue weighted by Gasteiger charge is 2.24. The molecule has 114 valence electrons. The van der Waals surface area contributed by atoms with Crippen molar-refractivity contribution in [1.29, 1.82) is 0 Å². The van der Waals surface area contributed by atoms with Gasteiger partial charge in [0.15, 0.2) is 0 Å². The molecule has 1 aromatic heterocycles. The summed E-state index contributed by atoms with van der Waals surface area (Å²) in [5, 5.41) is 3.18. The van der Waals surface area contributed by atoms with Gasteiger partial charge in [-0.25, -0.2) is 8.42 Å². The molecule has 5 nitrogen and oxygen atoms in total. The van der Waals surface area contributed by atoms with Gasteiger partial charge < -0.3 is 10.1 Å². The normalized spacial score (nSPS) is 11.9. The van der Waals surface area contributed by atoms with Gasteiger partial charge >= 0.3 is 0 Å². The lowest BCUT2D eigenvalue weighted by atomic mass is 10.4. The Balaban J connectivity index is 2.88. The second-order valence-electron chi connectivity index (χ2n) is 4.15. The van der Waals surface area contributed by atoms with E-state index in [1.54, 1.807) is 19.3 Å². The third-order valence-electron chi connectivity index (χ3n) is 2.66. The Morgan fingerprint density at radius 3 is 2.85 bits per heavy atom. The van der Waals surface area contributed by atoms with Gasteiger partial charge in [-0.1, -0.05) is 13.0 Å². The first-order valence-corrected chi connectivity index (χ1v) is 8.71. The van der Waals surface area contributed by atoms with Gasteiger partial charge in [-0.2, -0.15) is 4.31 Å². The van der Waals surface area contributed by atoms with Crippen molar-refractivity contribution in [2.75, 3.05) is 33.4 Å². The first kappa shape index (κ1) is 17.3. The number of rotatable bonds is 10. The maximum Gasteiger partial charge on any atom is 0.252 e. The molecule has 0 unspecified atom stereocenters. The zero-order valence-corrected chi connectivity index (χ0v) is 13.6. The lowest BCUT2D eigenvalue weighted by Gasteiger charge is -2.19. The van der Waals surface area contributed by atoms with Gasteiger partial charge in [0.1, 0.15) is 4.21 Å². The predicted molar refractivity (Wildman–Crippen MR) is 82.5 cm³/mol. The Morgan fingerprint density at radius 1 is 1.50 bits per heavy atom. The maximum atomic E-state index is 12.5. The Kier molecular flexibility index (Phi) is 7.39. The van der Waals surface area contributed by atoms with Crippen molar-refractivity contribution in [2.24, 2.45) is 0 Å². The Morgan fingerprint density at radius 2 is 2.25 bits per heavy atom. The predicted octanol–water partition coefficient (Wildman–Crippen LogP) is 1.68. The molecule has 0 bridgehead atoms. The molecule has 0 saturated carbocycles. The molecule has 0 fully saturated rings. The average Bonchev–Trinajstić information content (AvgIpc) is 2.90. The van der Waals surface area contributed by atoms with Crippen molar-refractivity contribution in [1.82, 2.24) is 9.62 Å². The lowest BCUT2D eigenvalue weighted by Crippen LogP contribution is -2.33. The van der Waals surface area contributed by atoms with E-state index in [-0.39, 0.29) is 6.54 Å². The van der Waals surface area contributed by atoms with Gasteiger partial charge in [-0.05, 0) is 18.7 Å². The first-order chi connectivity index (χ1) is 9.56. The van der Waals surface area contributed by atoms with Crippen LogP contribution in [0.3, 0.4) is 0 Å². The van der Waals surface area contributed by atoms with Crippen LogP contribution in [0, 0.1) is 0 Å². The average molecular weight is 318 g/mol. The van der Waals surface area contributed by atoms with E-state index in [4.69, 9.17) is 4.74 Å². The molecule has 0 aromatic carbocycles. The largest absolute Gasteiger partial charge is 0.383 e. The van der Waals surface area contributed by atoms with Crippen molar-refractivity contribution >= 4 is 21.4 Å². The molecule has 0 saturated heterocycles. The Hall–Kier alpha value is -0.730. The van der Waals surface area contributed by atoms with E-state index in [0.29, 0.717) is 23.9 Å². The third kappa shape index (κ3) is 4.68.